The minimum Gasteiger partial charge on any atom is -0.505 e. The van der Waals surface area contributed by atoms with Crippen molar-refractivity contribution >= 4 is 11.4 Å². The van der Waals surface area contributed by atoms with Crippen LogP contribution in [0.4, 0.5) is 11.4 Å². The second kappa shape index (κ2) is 7.62. The Balaban J connectivity index is 2.75. The molecule has 0 spiro atoms. The molecule has 2 N–H and O–H groups in total. The molecule has 0 bridgehead atoms. The van der Waals surface area contributed by atoms with E-state index in [1.165, 1.54) is 11.1 Å². The number of anilines is 2. The summed E-state index contributed by atoms with van der Waals surface area (Å²) in [6, 6.07) is 11.0. The molecule has 166 valence electrons. The van der Waals surface area contributed by atoms with Crippen LogP contribution in [0, 0.1) is 0 Å². The normalized spacial score (nSPS) is 13.5. The minimum atomic E-state index is -0.138. The molecule has 0 amide bonds. The van der Waals surface area contributed by atoms with Crippen LogP contribution >= 0.6 is 0 Å². The van der Waals surface area contributed by atoms with Gasteiger partial charge in [0, 0.05) is 11.3 Å². The van der Waals surface area contributed by atoms with Gasteiger partial charge in [0.15, 0.2) is 0 Å². The summed E-state index contributed by atoms with van der Waals surface area (Å²) in [6.45, 7) is 26.5. The van der Waals surface area contributed by atoms with Gasteiger partial charge < -0.3 is 10.4 Å². The van der Waals surface area contributed by atoms with E-state index >= 15 is 0 Å². The molecule has 0 atom stereocenters. The van der Waals surface area contributed by atoms with E-state index < -0.39 is 0 Å². The lowest BCUT2D eigenvalue weighted by atomic mass is 9.79. The summed E-state index contributed by atoms with van der Waals surface area (Å²) in [6.07, 6.45) is 0. The van der Waals surface area contributed by atoms with Crippen LogP contribution in [-0.4, -0.2) is 5.11 Å². The van der Waals surface area contributed by atoms with Crippen molar-refractivity contribution in [2.45, 2.75) is 105 Å². The van der Waals surface area contributed by atoms with E-state index in [4.69, 9.17) is 0 Å². The summed E-state index contributed by atoms with van der Waals surface area (Å²) in [4.78, 5) is 0. The topological polar surface area (TPSA) is 32.3 Å². The first kappa shape index (κ1) is 24.3. The number of aromatic hydroxyl groups is 1. The maximum atomic E-state index is 11.3. The highest BCUT2D eigenvalue weighted by molar-refractivity contribution is 5.74. The number of hydrogen-bond acceptors (Lipinski definition) is 2. The Bertz CT molecular complexity index is 878. The predicted octanol–water partition coefficient (Wildman–Crippen LogP) is 8.33. The smallest absolute Gasteiger partial charge is 0.143 e. The Labute approximate surface area is 185 Å². The molecule has 0 radical (unpaired) electrons. The van der Waals surface area contributed by atoms with Crippen molar-refractivity contribution < 1.29 is 5.11 Å². The highest BCUT2D eigenvalue weighted by Gasteiger charge is 2.27. The fourth-order valence-corrected chi connectivity index (χ4v) is 3.66. The number of hydrogen-bond donors (Lipinski definition) is 2. The molecule has 2 aromatic rings. The van der Waals surface area contributed by atoms with Gasteiger partial charge in [0.2, 0.25) is 0 Å². The van der Waals surface area contributed by atoms with Crippen LogP contribution in [0.3, 0.4) is 0 Å². The van der Waals surface area contributed by atoms with Crippen molar-refractivity contribution in [1.29, 1.82) is 0 Å². The van der Waals surface area contributed by atoms with Crippen LogP contribution in [0.1, 0.15) is 105 Å². The molecule has 0 fully saturated rings. The fourth-order valence-electron chi connectivity index (χ4n) is 3.66. The summed E-state index contributed by atoms with van der Waals surface area (Å²) in [5.41, 5.74) is 6.36. The van der Waals surface area contributed by atoms with Gasteiger partial charge in [-0.25, -0.2) is 0 Å². The first-order valence-electron chi connectivity index (χ1n) is 11.1. The van der Waals surface area contributed by atoms with Crippen LogP contribution in [0.5, 0.6) is 5.75 Å². The SMILES string of the molecule is CC(C)(C)c1cc(Nc2c(C(C)(C)C)ccc(C(C)(C)C)c2O)cc(C(C)(C)C)c1. The predicted molar refractivity (Wildman–Crippen MR) is 133 cm³/mol. The Morgan fingerprint density at radius 2 is 0.967 bits per heavy atom. The summed E-state index contributed by atoms with van der Waals surface area (Å²) in [5, 5.41) is 15.0. The zero-order chi connectivity index (χ0) is 23.3. The summed E-state index contributed by atoms with van der Waals surface area (Å²) < 4.78 is 0. The molecule has 30 heavy (non-hydrogen) atoms. The van der Waals surface area contributed by atoms with Crippen molar-refractivity contribution in [3.8, 4) is 5.75 Å². The van der Waals surface area contributed by atoms with Crippen molar-refractivity contribution in [1.82, 2.24) is 0 Å². The zero-order valence-corrected chi connectivity index (χ0v) is 21.3. The fraction of sp³-hybridized carbons (Fsp3) is 0.571. The van der Waals surface area contributed by atoms with Gasteiger partial charge in [0.1, 0.15) is 5.75 Å². The van der Waals surface area contributed by atoms with Crippen LogP contribution in [-0.2, 0) is 21.7 Å². The van der Waals surface area contributed by atoms with Gasteiger partial charge >= 0.3 is 0 Å². The molecule has 2 aromatic carbocycles. The van der Waals surface area contributed by atoms with Crippen LogP contribution in [0.2, 0.25) is 0 Å². The molecule has 2 heteroatoms. The second-order valence-corrected chi connectivity index (χ2v) is 12.8. The number of phenols is 1. The Hall–Kier alpha value is -1.96. The minimum absolute atomic E-state index is 0.0415. The van der Waals surface area contributed by atoms with Crippen molar-refractivity contribution in [3.63, 3.8) is 0 Å². The lowest BCUT2D eigenvalue weighted by Crippen LogP contribution is -2.19. The van der Waals surface area contributed by atoms with Crippen molar-refractivity contribution in [3.05, 3.63) is 52.6 Å². The summed E-state index contributed by atoms with van der Waals surface area (Å²) in [7, 11) is 0. The Kier molecular flexibility index (Phi) is 6.18. The van der Waals surface area contributed by atoms with Crippen molar-refractivity contribution in [2.75, 3.05) is 5.32 Å². The summed E-state index contributed by atoms with van der Waals surface area (Å²) in [5.74, 6) is 0.355. The molecule has 0 aromatic heterocycles. The maximum absolute atomic E-state index is 11.3. The van der Waals surface area contributed by atoms with Gasteiger partial charge in [0.05, 0.1) is 5.69 Å². The first-order valence-corrected chi connectivity index (χ1v) is 11.1. The number of benzene rings is 2. The van der Waals surface area contributed by atoms with Gasteiger partial charge in [-0.1, -0.05) is 101 Å². The lowest BCUT2D eigenvalue weighted by molar-refractivity contribution is 0.446. The molecule has 0 aliphatic rings. The second-order valence-electron chi connectivity index (χ2n) is 12.8. The van der Waals surface area contributed by atoms with E-state index in [-0.39, 0.29) is 21.7 Å². The van der Waals surface area contributed by atoms with Gasteiger partial charge in [-0.3, -0.25) is 0 Å². The maximum Gasteiger partial charge on any atom is 0.143 e. The third-order valence-corrected chi connectivity index (χ3v) is 5.73. The molecule has 0 saturated heterocycles. The molecular weight excluding hydrogens is 366 g/mol. The molecule has 0 saturated carbocycles. The van der Waals surface area contributed by atoms with Gasteiger partial charge in [-0.2, -0.15) is 0 Å². The van der Waals surface area contributed by atoms with E-state index in [0.29, 0.717) is 5.75 Å². The lowest BCUT2D eigenvalue weighted by Gasteiger charge is -2.30. The average Bonchev–Trinajstić information content (AvgIpc) is 2.52. The van der Waals surface area contributed by atoms with E-state index in [1.54, 1.807) is 0 Å². The highest BCUT2D eigenvalue weighted by atomic mass is 16.3. The third kappa shape index (κ3) is 5.39. The monoisotopic (exact) mass is 409 g/mol. The average molecular weight is 410 g/mol. The zero-order valence-electron chi connectivity index (χ0n) is 21.3. The number of rotatable bonds is 2. The highest BCUT2D eigenvalue weighted by Crippen LogP contribution is 2.44. The quantitative estimate of drug-likeness (QED) is 0.489. The van der Waals surface area contributed by atoms with Crippen LogP contribution in [0.25, 0.3) is 0 Å². The third-order valence-electron chi connectivity index (χ3n) is 5.73. The van der Waals surface area contributed by atoms with E-state index in [1.807, 2.05) is 0 Å². The van der Waals surface area contributed by atoms with Crippen LogP contribution in [0.15, 0.2) is 30.3 Å². The van der Waals surface area contributed by atoms with Gasteiger partial charge in [-0.05, 0) is 50.5 Å². The number of nitrogens with one attached hydrogen (secondary N) is 1. The van der Waals surface area contributed by atoms with Crippen LogP contribution < -0.4 is 5.32 Å². The molecule has 2 rings (SSSR count). The number of phenolic OH excluding ortho intramolecular Hbond substituents is 1. The molecule has 0 unspecified atom stereocenters. The first-order chi connectivity index (χ1) is 13.3. The molecule has 0 heterocycles. The van der Waals surface area contributed by atoms with E-state index in [2.05, 4.69) is 119 Å². The Morgan fingerprint density at radius 1 is 0.567 bits per heavy atom. The molecule has 0 aliphatic carbocycles. The molecule has 2 nitrogen and oxygen atoms in total. The van der Waals surface area contributed by atoms with E-state index in [0.717, 1.165) is 22.5 Å². The van der Waals surface area contributed by atoms with Gasteiger partial charge in [-0.15, -0.1) is 0 Å². The Morgan fingerprint density at radius 3 is 1.33 bits per heavy atom. The largest absolute Gasteiger partial charge is 0.505 e. The van der Waals surface area contributed by atoms with Gasteiger partial charge in [0.25, 0.3) is 0 Å². The standard InChI is InChI=1S/C28H43NO/c1-25(2,3)18-15-19(26(4,5)6)17-20(16-18)29-23-21(27(7,8)9)13-14-22(24(23)30)28(10,11)12/h13-17,29-30H,1-12H3. The van der Waals surface area contributed by atoms with Crippen molar-refractivity contribution in [2.24, 2.45) is 0 Å². The molecular formula is C28H43NO. The molecule has 0 aliphatic heterocycles. The van der Waals surface area contributed by atoms with E-state index in [9.17, 15) is 5.11 Å². The summed E-state index contributed by atoms with van der Waals surface area (Å²) >= 11 is 0.